The van der Waals surface area contributed by atoms with Crippen molar-refractivity contribution < 1.29 is 13.2 Å². The molecule has 170 valence electrons. The summed E-state index contributed by atoms with van der Waals surface area (Å²) in [6, 6.07) is 19.0. The van der Waals surface area contributed by atoms with Crippen LogP contribution in [-0.4, -0.2) is 33.5 Å². The summed E-state index contributed by atoms with van der Waals surface area (Å²) < 4.78 is 32.4. The van der Waals surface area contributed by atoms with E-state index in [2.05, 4.69) is 14.6 Å². The van der Waals surface area contributed by atoms with Crippen molar-refractivity contribution in [3.63, 3.8) is 0 Å². The maximum Gasteiger partial charge on any atom is 0.252 e. The lowest BCUT2D eigenvalue weighted by Crippen LogP contribution is -2.17. The van der Waals surface area contributed by atoms with Crippen molar-refractivity contribution in [3.05, 3.63) is 89.1 Å². The van der Waals surface area contributed by atoms with Crippen LogP contribution < -0.4 is 5.73 Å². The quantitative estimate of drug-likeness (QED) is 0.387. The normalized spacial score (nSPS) is 11.7. The minimum atomic E-state index is -3.96. The number of sulfone groups is 1. The molecule has 0 fully saturated rings. The second-order valence-corrected chi connectivity index (χ2v) is 10.2. The maximum atomic E-state index is 13.3. The van der Waals surface area contributed by atoms with E-state index >= 15 is 0 Å². The molecule has 5 aromatic rings. The van der Waals surface area contributed by atoms with Crippen LogP contribution in [0.4, 0.5) is 0 Å². The van der Waals surface area contributed by atoms with Gasteiger partial charge in [0.25, 0.3) is 5.91 Å². The molecule has 0 aliphatic carbocycles. The molecule has 0 bridgehead atoms. The zero-order valence-corrected chi connectivity index (χ0v) is 19.7. The van der Waals surface area contributed by atoms with E-state index in [1.54, 1.807) is 24.3 Å². The number of fused-ring (bicyclic) bond motifs is 1. The van der Waals surface area contributed by atoms with E-state index in [4.69, 9.17) is 5.73 Å². The number of aryl methyl sites for hydroxylation is 1. The average Bonchev–Trinajstić information content (AvgIpc) is 3.48. The van der Waals surface area contributed by atoms with Crippen LogP contribution >= 0.6 is 11.5 Å². The van der Waals surface area contributed by atoms with E-state index in [0.717, 1.165) is 16.8 Å². The van der Waals surface area contributed by atoms with Crippen LogP contribution in [-0.2, 0) is 16.4 Å². The van der Waals surface area contributed by atoms with E-state index in [1.165, 1.54) is 29.7 Å². The van der Waals surface area contributed by atoms with Gasteiger partial charge in [-0.15, -0.1) is 5.10 Å². The van der Waals surface area contributed by atoms with Gasteiger partial charge in [0.15, 0.2) is 0 Å². The van der Waals surface area contributed by atoms with Crippen LogP contribution in [0.2, 0.25) is 0 Å². The first kappa shape index (κ1) is 21.9. The highest BCUT2D eigenvalue weighted by atomic mass is 32.2. The fourth-order valence-electron chi connectivity index (χ4n) is 3.93. The standard InChI is InChI=1S/C24H19N5O3S2/c1-15-26-23-20(29(15)13-16-7-9-17(10-8-16)19-14-33-28-27-19)11-12-21(22(23)24(25)30)34(31,32)18-5-3-2-4-6-18/h2-12,14H,13H2,1H3,(H2,25,30). The topological polar surface area (TPSA) is 121 Å². The number of imidazole rings is 1. The predicted molar refractivity (Wildman–Crippen MR) is 129 cm³/mol. The number of rotatable bonds is 6. The van der Waals surface area contributed by atoms with E-state index < -0.39 is 15.7 Å². The molecule has 0 unspecified atom stereocenters. The molecule has 0 aliphatic rings. The molecule has 34 heavy (non-hydrogen) atoms. The Morgan fingerprint density at radius 3 is 2.41 bits per heavy atom. The Hall–Kier alpha value is -3.89. The first-order valence-electron chi connectivity index (χ1n) is 10.3. The van der Waals surface area contributed by atoms with Gasteiger partial charge in [-0.25, -0.2) is 13.4 Å². The molecule has 0 atom stereocenters. The van der Waals surface area contributed by atoms with Crippen LogP contribution in [0.5, 0.6) is 0 Å². The molecule has 8 nitrogen and oxygen atoms in total. The molecule has 2 N–H and O–H groups in total. The van der Waals surface area contributed by atoms with Gasteiger partial charge in [-0.1, -0.05) is 47.0 Å². The van der Waals surface area contributed by atoms with E-state index in [9.17, 15) is 13.2 Å². The molecular formula is C24H19N5O3S2. The highest BCUT2D eigenvalue weighted by Crippen LogP contribution is 2.30. The van der Waals surface area contributed by atoms with Crippen LogP contribution in [0.25, 0.3) is 22.3 Å². The van der Waals surface area contributed by atoms with Gasteiger partial charge >= 0.3 is 0 Å². The second-order valence-electron chi connectivity index (χ2n) is 7.72. The zero-order valence-electron chi connectivity index (χ0n) is 18.0. The lowest BCUT2D eigenvalue weighted by atomic mass is 10.1. The summed E-state index contributed by atoms with van der Waals surface area (Å²) in [5.74, 6) is -0.203. The third-order valence-electron chi connectivity index (χ3n) is 5.61. The Bertz CT molecular complexity index is 1610. The molecule has 2 heterocycles. The van der Waals surface area contributed by atoms with E-state index in [-0.39, 0.29) is 20.9 Å². The Morgan fingerprint density at radius 2 is 1.76 bits per heavy atom. The highest BCUT2D eigenvalue weighted by molar-refractivity contribution is 7.91. The van der Waals surface area contributed by atoms with Gasteiger partial charge in [0.05, 0.1) is 20.9 Å². The smallest absolute Gasteiger partial charge is 0.252 e. The molecule has 1 amide bonds. The largest absolute Gasteiger partial charge is 0.365 e. The van der Waals surface area contributed by atoms with Crippen molar-refractivity contribution >= 4 is 38.3 Å². The third-order valence-corrected chi connectivity index (χ3v) is 7.93. The minimum Gasteiger partial charge on any atom is -0.365 e. The molecule has 0 spiro atoms. The first-order chi connectivity index (χ1) is 16.4. The Morgan fingerprint density at radius 1 is 1.03 bits per heavy atom. The molecule has 0 saturated carbocycles. The number of benzene rings is 3. The molecular weight excluding hydrogens is 470 g/mol. The third kappa shape index (κ3) is 3.76. The van der Waals surface area contributed by atoms with Crippen LogP contribution in [0.3, 0.4) is 0 Å². The molecule has 0 saturated heterocycles. The van der Waals surface area contributed by atoms with Gasteiger partial charge in [0, 0.05) is 17.5 Å². The zero-order chi connectivity index (χ0) is 23.9. The minimum absolute atomic E-state index is 0.0865. The second kappa shape index (κ2) is 8.47. The van der Waals surface area contributed by atoms with Gasteiger partial charge in [-0.3, -0.25) is 4.79 Å². The van der Waals surface area contributed by atoms with Gasteiger partial charge in [0.1, 0.15) is 17.0 Å². The van der Waals surface area contributed by atoms with Crippen molar-refractivity contribution in [1.82, 2.24) is 19.1 Å². The highest BCUT2D eigenvalue weighted by Gasteiger charge is 2.27. The monoisotopic (exact) mass is 489 g/mol. The van der Waals surface area contributed by atoms with Gasteiger partial charge in [-0.2, -0.15) is 0 Å². The molecule has 2 aromatic heterocycles. The summed E-state index contributed by atoms with van der Waals surface area (Å²) in [7, 11) is -3.96. The van der Waals surface area contributed by atoms with Crippen molar-refractivity contribution in [2.45, 2.75) is 23.3 Å². The molecule has 3 aromatic carbocycles. The number of nitrogens with two attached hydrogens (primary N) is 1. The van der Waals surface area contributed by atoms with Crippen LogP contribution in [0.1, 0.15) is 21.7 Å². The lowest BCUT2D eigenvalue weighted by molar-refractivity contribution is 0.0998. The predicted octanol–water partition coefficient (Wildman–Crippen LogP) is 3.84. The number of hydrogen-bond donors (Lipinski definition) is 1. The summed E-state index contributed by atoms with van der Waals surface area (Å²) in [6.07, 6.45) is 0. The molecule has 10 heteroatoms. The summed E-state index contributed by atoms with van der Waals surface area (Å²) in [4.78, 5) is 16.9. The van der Waals surface area contributed by atoms with E-state index in [0.29, 0.717) is 17.9 Å². The van der Waals surface area contributed by atoms with Crippen molar-refractivity contribution in [2.75, 3.05) is 0 Å². The Kier molecular flexibility index (Phi) is 5.46. The number of carbonyl (C=O) groups is 1. The summed E-state index contributed by atoms with van der Waals surface area (Å²) in [5, 5.41) is 5.97. The fourth-order valence-corrected chi connectivity index (χ4v) is 5.88. The lowest BCUT2D eigenvalue weighted by Gasteiger charge is -2.11. The van der Waals surface area contributed by atoms with E-state index in [1.807, 2.05) is 41.1 Å². The first-order valence-corrected chi connectivity index (χ1v) is 12.6. The Balaban J connectivity index is 1.59. The molecule has 5 rings (SSSR count). The number of primary amides is 1. The van der Waals surface area contributed by atoms with Crippen molar-refractivity contribution in [1.29, 1.82) is 0 Å². The molecule has 0 aliphatic heterocycles. The summed E-state index contributed by atoms with van der Waals surface area (Å²) >= 11 is 1.30. The van der Waals surface area contributed by atoms with Crippen LogP contribution in [0.15, 0.2) is 81.9 Å². The maximum absolute atomic E-state index is 13.3. The number of nitrogens with zero attached hydrogens (tertiary/aromatic N) is 4. The molecule has 0 radical (unpaired) electrons. The van der Waals surface area contributed by atoms with Crippen molar-refractivity contribution in [2.24, 2.45) is 5.73 Å². The number of amides is 1. The number of aromatic nitrogens is 4. The number of hydrogen-bond acceptors (Lipinski definition) is 7. The SMILES string of the molecule is Cc1nc2c(C(N)=O)c(S(=O)(=O)c3ccccc3)ccc2n1Cc1ccc(-c2csnn2)cc1. The number of carbonyl (C=O) groups excluding carboxylic acids is 1. The van der Waals surface area contributed by atoms with Gasteiger partial charge in [0.2, 0.25) is 9.84 Å². The van der Waals surface area contributed by atoms with Crippen molar-refractivity contribution in [3.8, 4) is 11.3 Å². The van der Waals surface area contributed by atoms with Gasteiger partial charge < -0.3 is 10.3 Å². The summed E-state index contributed by atoms with van der Waals surface area (Å²) in [5.41, 5.74) is 9.26. The van der Waals surface area contributed by atoms with Crippen LogP contribution in [0, 0.1) is 6.92 Å². The van der Waals surface area contributed by atoms with Gasteiger partial charge in [-0.05, 0) is 48.3 Å². The Labute approximate surface area is 199 Å². The fraction of sp³-hybridized carbons (Fsp3) is 0.0833. The summed E-state index contributed by atoms with van der Waals surface area (Å²) in [6.45, 7) is 2.30. The average molecular weight is 490 g/mol.